The number of halogens is 1. The molecule has 2 heterocycles. The van der Waals surface area contributed by atoms with E-state index >= 15 is 0 Å². The number of Topliss-reactive ketones (excluding diaryl/α,β-unsaturated/α-hetero) is 1. The summed E-state index contributed by atoms with van der Waals surface area (Å²) in [5.41, 5.74) is 2.80. The van der Waals surface area contributed by atoms with Crippen LogP contribution in [0, 0.1) is 0 Å². The van der Waals surface area contributed by atoms with Gasteiger partial charge >= 0.3 is 0 Å². The van der Waals surface area contributed by atoms with Gasteiger partial charge in [-0.3, -0.25) is 9.69 Å². The smallest absolute Gasteiger partial charge is 0.169 e. The van der Waals surface area contributed by atoms with Gasteiger partial charge in [0, 0.05) is 67.9 Å². The Morgan fingerprint density at radius 3 is 2.28 bits per heavy atom. The largest absolute Gasteiger partial charge is 0.495 e. The monoisotopic (exact) mass is 545 g/mol. The lowest BCUT2D eigenvalue weighted by Gasteiger charge is -2.34. The number of rotatable bonds is 12. The number of carbonyl (C=O) groups excluding carboxylic acids is 1. The number of benzene rings is 3. The number of nitrogens with zero attached hydrogens (tertiary/aromatic N) is 3. The molecule has 1 aromatic heterocycles. The van der Waals surface area contributed by atoms with Crippen molar-refractivity contribution in [2.75, 3.05) is 53.0 Å². The first-order valence-corrected chi connectivity index (χ1v) is 14.0. The third kappa shape index (κ3) is 7.01. The third-order valence-corrected chi connectivity index (χ3v) is 7.67. The summed E-state index contributed by atoms with van der Waals surface area (Å²) in [6.07, 6.45) is 3.43. The Balaban J connectivity index is 1.13. The number of hydrogen-bond acceptors (Lipinski definition) is 5. The standard InChI is InChI=1S/C32H36ClN3O3/c1-38-31-10-5-9-28-29(30(37)23-25-7-3-2-4-8-25)24-36(32(28)31)16-6-15-34-17-19-35(20-18-34)21-22-39-27-13-11-26(33)12-14-27/h2-5,7-14,24H,6,15-23H2,1H3. The summed E-state index contributed by atoms with van der Waals surface area (Å²) in [5, 5.41) is 1.68. The van der Waals surface area contributed by atoms with Crippen LogP contribution in [0.4, 0.5) is 0 Å². The molecule has 0 atom stereocenters. The molecular formula is C32H36ClN3O3. The van der Waals surface area contributed by atoms with Gasteiger partial charge in [0.2, 0.25) is 0 Å². The van der Waals surface area contributed by atoms with Crippen LogP contribution in [0.1, 0.15) is 22.3 Å². The normalized spacial score (nSPS) is 14.5. The molecule has 0 unspecified atom stereocenters. The van der Waals surface area contributed by atoms with Gasteiger partial charge in [0.25, 0.3) is 0 Å². The van der Waals surface area contributed by atoms with E-state index in [1.807, 2.05) is 79.0 Å². The lowest BCUT2D eigenvalue weighted by Crippen LogP contribution is -2.47. The summed E-state index contributed by atoms with van der Waals surface area (Å²) < 4.78 is 13.8. The quantitative estimate of drug-likeness (QED) is 0.210. The molecule has 39 heavy (non-hydrogen) atoms. The van der Waals surface area contributed by atoms with E-state index in [0.29, 0.717) is 13.0 Å². The van der Waals surface area contributed by atoms with Crippen LogP contribution in [0.2, 0.25) is 5.02 Å². The van der Waals surface area contributed by atoms with Crippen LogP contribution in [0.25, 0.3) is 10.9 Å². The predicted octanol–water partition coefficient (Wildman–Crippen LogP) is 5.82. The number of piperazine rings is 1. The third-order valence-electron chi connectivity index (χ3n) is 7.42. The van der Waals surface area contributed by atoms with E-state index < -0.39 is 0 Å². The topological polar surface area (TPSA) is 46.9 Å². The highest BCUT2D eigenvalue weighted by atomic mass is 35.5. The van der Waals surface area contributed by atoms with Gasteiger partial charge in [-0.1, -0.05) is 54.1 Å². The number of ketones is 1. The Morgan fingerprint density at radius 1 is 0.846 bits per heavy atom. The predicted molar refractivity (Wildman–Crippen MR) is 157 cm³/mol. The molecular weight excluding hydrogens is 510 g/mol. The minimum absolute atomic E-state index is 0.134. The molecule has 0 saturated carbocycles. The van der Waals surface area contributed by atoms with Crippen LogP contribution in [-0.4, -0.2) is 73.1 Å². The highest BCUT2D eigenvalue weighted by molar-refractivity contribution is 6.30. The highest BCUT2D eigenvalue weighted by Crippen LogP contribution is 2.31. The first kappa shape index (κ1) is 27.3. The number of methoxy groups -OCH3 is 1. The molecule has 1 aliphatic rings. The second-order valence-corrected chi connectivity index (χ2v) is 10.5. The van der Waals surface area contributed by atoms with Crippen molar-refractivity contribution >= 4 is 28.3 Å². The molecule has 0 radical (unpaired) electrons. The Morgan fingerprint density at radius 2 is 1.56 bits per heavy atom. The minimum atomic E-state index is 0.134. The molecule has 5 rings (SSSR count). The first-order chi connectivity index (χ1) is 19.1. The van der Waals surface area contributed by atoms with E-state index in [-0.39, 0.29) is 5.78 Å². The van der Waals surface area contributed by atoms with Gasteiger partial charge in [0.1, 0.15) is 18.1 Å². The molecule has 4 aromatic rings. The minimum Gasteiger partial charge on any atom is -0.495 e. The fourth-order valence-corrected chi connectivity index (χ4v) is 5.42. The zero-order valence-corrected chi connectivity index (χ0v) is 23.3. The first-order valence-electron chi connectivity index (χ1n) is 13.7. The number of hydrogen-bond donors (Lipinski definition) is 0. The number of aromatic nitrogens is 1. The number of ether oxygens (including phenoxy) is 2. The molecule has 7 heteroatoms. The summed E-state index contributed by atoms with van der Waals surface area (Å²) >= 11 is 5.94. The number of aryl methyl sites for hydroxylation is 1. The molecule has 204 valence electrons. The molecule has 0 amide bonds. The van der Waals surface area contributed by atoms with Crippen LogP contribution in [-0.2, 0) is 13.0 Å². The van der Waals surface area contributed by atoms with E-state index in [4.69, 9.17) is 21.1 Å². The van der Waals surface area contributed by atoms with Crippen molar-refractivity contribution in [3.05, 3.63) is 95.1 Å². The van der Waals surface area contributed by atoms with Crippen LogP contribution in [0.5, 0.6) is 11.5 Å². The van der Waals surface area contributed by atoms with Gasteiger partial charge in [-0.25, -0.2) is 0 Å². The van der Waals surface area contributed by atoms with Crippen molar-refractivity contribution in [1.82, 2.24) is 14.4 Å². The molecule has 0 bridgehead atoms. The molecule has 0 spiro atoms. The van der Waals surface area contributed by atoms with E-state index in [9.17, 15) is 4.79 Å². The van der Waals surface area contributed by atoms with Gasteiger partial charge in [-0.15, -0.1) is 0 Å². The summed E-state index contributed by atoms with van der Waals surface area (Å²) in [4.78, 5) is 18.3. The van der Waals surface area contributed by atoms with E-state index in [0.717, 1.165) is 90.8 Å². The SMILES string of the molecule is COc1cccc2c(C(=O)Cc3ccccc3)cn(CCCN3CCN(CCOc4ccc(Cl)cc4)CC3)c12. The summed E-state index contributed by atoms with van der Waals surface area (Å²) in [6, 6.07) is 23.4. The van der Waals surface area contributed by atoms with Gasteiger partial charge in [0.05, 0.1) is 12.6 Å². The maximum Gasteiger partial charge on any atom is 0.169 e. The highest BCUT2D eigenvalue weighted by Gasteiger charge is 2.20. The molecule has 6 nitrogen and oxygen atoms in total. The average molecular weight is 546 g/mol. The van der Waals surface area contributed by atoms with E-state index in [1.54, 1.807) is 7.11 Å². The van der Waals surface area contributed by atoms with Crippen molar-refractivity contribution in [3.63, 3.8) is 0 Å². The van der Waals surface area contributed by atoms with Crippen molar-refractivity contribution in [2.24, 2.45) is 0 Å². The van der Waals surface area contributed by atoms with Crippen LogP contribution < -0.4 is 9.47 Å². The van der Waals surface area contributed by atoms with Gasteiger partial charge < -0.3 is 18.9 Å². The second kappa shape index (κ2) is 13.2. The van der Waals surface area contributed by atoms with Crippen molar-refractivity contribution < 1.29 is 14.3 Å². The fourth-order valence-electron chi connectivity index (χ4n) is 5.29. The maximum atomic E-state index is 13.3. The Kier molecular flexibility index (Phi) is 9.19. The molecule has 3 aromatic carbocycles. The number of para-hydroxylation sites is 1. The van der Waals surface area contributed by atoms with Crippen molar-refractivity contribution in [1.29, 1.82) is 0 Å². The zero-order valence-electron chi connectivity index (χ0n) is 22.5. The maximum absolute atomic E-state index is 13.3. The fraction of sp³-hybridized carbons (Fsp3) is 0.344. The molecule has 0 N–H and O–H groups in total. The van der Waals surface area contributed by atoms with Gasteiger partial charge in [0.15, 0.2) is 5.78 Å². The lowest BCUT2D eigenvalue weighted by atomic mass is 10.0. The molecule has 1 aliphatic heterocycles. The Bertz CT molecular complexity index is 1360. The van der Waals surface area contributed by atoms with Crippen molar-refractivity contribution in [3.8, 4) is 11.5 Å². The summed E-state index contributed by atoms with van der Waals surface area (Å²) in [6.45, 7) is 7.66. The zero-order chi connectivity index (χ0) is 27.0. The summed E-state index contributed by atoms with van der Waals surface area (Å²) in [7, 11) is 1.69. The Hall–Kier alpha value is -3.32. The van der Waals surface area contributed by atoms with Crippen LogP contribution in [0.3, 0.4) is 0 Å². The number of carbonyl (C=O) groups is 1. The van der Waals surface area contributed by atoms with E-state index in [1.165, 1.54) is 0 Å². The lowest BCUT2D eigenvalue weighted by molar-refractivity contribution is 0.0994. The van der Waals surface area contributed by atoms with Gasteiger partial charge in [-0.05, 0) is 48.9 Å². The average Bonchev–Trinajstić information content (AvgIpc) is 3.34. The van der Waals surface area contributed by atoms with E-state index in [2.05, 4.69) is 14.4 Å². The van der Waals surface area contributed by atoms with Crippen LogP contribution >= 0.6 is 11.6 Å². The Labute approximate surface area is 235 Å². The summed E-state index contributed by atoms with van der Waals surface area (Å²) in [5.74, 6) is 1.80. The number of fused-ring (bicyclic) bond motifs is 1. The van der Waals surface area contributed by atoms with Crippen molar-refractivity contribution in [2.45, 2.75) is 19.4 Å². The molecule has 0 aliphatic carbocycles. The molecule has 1 saturated heterocycles. The molecule has 1 fully saturated rings. The van der Waals surface area contributed by atoms with Gasteiger partial charge in [-0.2, -0.15) is 0 Å². The van der Waals surface area contributed by atoms with Crippen LogP contribution in [0.15, 0.2) is 79.0 Å². The second-order valence-electron chi connectivity index (χ2n) is 10.0.